The first-order chi connectivity index (χ1) is 7.61. The van der Waals surface area contributed by atoms with Crippen LogP contribution in [0.4, 0.5) is 0 Å². The third-order valence-electron chi connectivity index (χ3n) is 3.09. The van der Waals surface area contributed by atoms with Crippen molar-refractivity contribution in [3.05, 3.63) is 34.5 Å². The molecular weight excluding hydrogens is 266 g/mol. The Balaban J connectivity index is 2.39. The van der Waals surface area contributed by atoms with Gasteiger partial charge in [0.2, 0.25) is 0 Å². The molecule has 1 aromatic carbocycles. The second-order valence-corrected chi connectivity index (χ2v) is 5.16. The lowest BCUT2D eigenvalue weighted by molar-refractivity contribution is 0.388. The lowest BCUT2D eigenvalue weighted by atomic mass is 9.98. The minimum atomic E-state index is -0.0174. The van der Waals surface area contributed by atoms with Gasteiger partial charge < -0.3 is 10.2 Å². The van der Waals surface area contributed by atoms with Crippen LogP contribution in [0, 0.1) is 5.92 Å². The molecule has 0 saturated carbocycles. The van der Waals surface area contributed by atoms with Gasteiger partial charge in [-0.05, 0) is 30.2 Å². The molecule has 0 amide bonds. The SMILES string of the molecule is CCC(C)[C@H](N)c1cc2ccc(Br)cc2o1. The maximum Gasteiger partial charge on any atom is 0.135 e. The first-order valence-corrected chi connectivity index (χ1v) is 6.35. The van der Waals surface area contributed by atoms with Crippen molar-refractivity contribution in [3.63, 3.8) is 0 Å². The summed E-state index contributed by atoms with van der Waals surface area (Å²) in [6, 6.07) is 8.04. The van der Waals surface area contributed by atoms with Gasteiger partial charge in [-0.15, -0.1) is 0 Å². The van der Waals surface area contributed by atoms with E-state index in [1.54, 1.807) is 0 Å². The molecule has 3 heteroatoms. The van der Waals surface area contributed by atoms with Gasteiger partial charge in [0.25, 0.3) is 0 Å². The molecule has 2 rings (SSSR count). The number of fused-ring (bicyclic) bond motifs is 1. The molecule has 0 aliphatic heterocycles. The highest BCUT2D eigenvalue weighted by Crippen LogP contribution is 2.29. The number of nitrogens with two attached hydrogens (primary N) is 1. The fourth-order valence-electron chi connectivity index (χ4n) is 1.72. The Labute approximate surface area is 104 Å². The third-order valence-corrected chi connectivity index (χ3v) is 3.58. The Bertz CT molecular complexity index is 492. The van der Waals surface area contributed by atoms with Gasteiger partial charge in [0, 0.05) is 9.86 Å². The van der Waals surface area contributed by atoms with Crippen LogP contribution in [0.2, 0.25) is 0 Å². The quantitative estimate of drug-likeness (QED) is 0.914. The van der Waals surface area contributed by atoms with E-state index >= 15 is 0 Å². The van der Waals surface area contributed by atoms with E-state index in [0.717, 1.165) is 27.6 Å². The van der Waals surface area contributed by atoms with Crippen molar-refractivity contribution in [3.8, 4) is 0 Å². The van der Waals surface area contributed by atoms with Crippen LogP contribution in [-0.4, -0.2) is 0 Å². The lowest BCUT2D eigenvalue weighted by Crippen LogP contribution is -2.17. The van der Waals surface area contributed by atoms with Gasteiger partial charge in [-0.3, -0.25) is 0 Å². The van der Waals surface area contributed by atoms with Gasteiger partial charge in [-0.1, -0.05) is 36.2 Å². The predicted octanol–water partition coefficient (Wildman–Crippen LogP) is 4.24. The molecule has 0 saturated heterocycles. The minimum Gasteiger partial charge on any atom is -0.459 e. The third kappa shape index (κ3) is 2.15. The molecule has 0 aliphatic rings. The number of furan rings is 1. The topological polar surface area (TPSA) is 39.2 Å². The number of benzene rings is 1. The van der Waals surface area contributed by atoms with E-state index < -0.39 is 0 Å². The Morgan fingerprint density at radius 3 is 2.81 bits per heavy atom. The lowest BCUT2D eigenvalue weighted by Gasteiger charge is -2.15. The number of hydrogen-bond donors (Lipinski definition) is 1. The van der Waals surface area contributed by atoms with Crippen LogP contribution in [-0.2, 0) is 0 Å². The summed E-state index contributed by atoms with van der Waals surface area (Å²) in [5, 5.41) is 1.11. The van der Waals surface area contributed by atoms with Gasteiger partial charge in [0.05, 0.1) is 6.04 Å². The van der Waals surface area contributed by atoms with Crippen molar-refractivity contribution in [1.82, 2.24) is 0 Å². The van der Waals surface area contributed by atoms with Crippen molar-refractivity contribution in [2.45, 2.75) is 26.3 Å². The van der Waals surface area contributed by atoms with Crippen molar-refractivity contribution < 1.29 is 4.42 Å². The van der Waals surface area contributed by atoms with E-state index in [0.29, 0.717) is 5.92 Å². The smallest absolute Gasteiger partial charge is 0.135 e. The van der Waals surface area contributed by atoms with Gasteiger partial charge in [-0.2, -0.15) is 0 Å². The van der Waals surface area contributed by atoms with Crippen LogP contribution in [0.5, 0.6) is 0 Å². The second kappa shape index (κ2) is 4.60. The van der Waals surface area contributed by atoms with E-state index in [9.17, 15) is 0 Å². The zero-order valence-electron chi connectivity index (χ0n) is 9.53. The Morgan fingerprint density at radius 1 is 1.38 bits per heavy atom. The molecule has 0 bridgehead atoms. The Kier molecular flexibility index (Phi) is 3.36. The zero-order chi connectivity index (χ0) is 11.7. The first kappa shape index (κ1) is 11.7. The van der Waals surface area contributed by atoms with Crippen LogP contribution in [0.15, 0.2) is 33.2 Å². The zero-order valence-corrected chi connectivity index (χ0v) is 11.1. The van der Waals surface area contributed by atoms with Crippen LogP contribution < -0.4 is 5.73 Å². The normalized spacial score (nSPS) is 15.2. The highest BCUT2D eigenvalue weighted by molar-refractivity contribution is 9.10. The molecule has 1 heterocycles. The van der Waals surface area contributed by atoms with Crippen molar-refractivity contribution in [2.75, 3.05) is 0 Å². The van der Waals surface area contributed by atoms with E-state index in [1.165, 1.54) is 0 Å². The molecule has 1 aromatic heterocycles. The molecule has 0 spiro atoms. The van der Waals surface area contributed by atoms with E-state index in [-0.39, 0.29) is 6.04 Å². The summed E-state index contributed by atoms with van der Waals surface area (Å²) in [5.74, 6) is 1.31. The highest BCUT2D eigenvalue weighted by atomic mass is 79.9. The molecule has 2 aromatic rings. The largest absolute Gasteiger partial charge is 0.459 e. The van der Waals surface area contributed by atoms with Gasteiger partial charge in [0.1, 0.15) is 11.3 Å². The van der Waals surface area contributed by atoms with Crippen molar-refractivity contribution in [2.24, 2.45) is 11.7 Å². The number of hydrogen-bond acceptors (Lipinski definition) is 2. The second-order valence-electron chi connectivity index (χ2n) is 4.24. The van der Waals surface area contributed by atoms with Gasteiger partial charge in [-0.25, -0.2) is 0 Å². The average molecular weight is 282 g/mol. The highest BCUT2D eigenvalue weighted by Gasteiger charge is 2.17. The summed E-state index contributed by atoms with van der Waals surface area (Å²) < 4.78 is 6.80. The van der Waals surface area contributed by atoms with E-state index in [1.807, 2.05) is 24.3 Å². The van der Waals surface area contributed by atoms with Crippen LogP contribution in [0.3, 0.4) is 0 Å². The molecule has 2 N–H and O–H groups in total. The molecule has 0 fully saturated rings. The fraction of sp³-hybridized carbons (Fsp3) is 0.385. The number of halogens is 1. The molecule has 2 atom stereocenters. The summed E-state index contributed by atoms with van der Waals surface area (Å²) in [4.78, 5) is 0. The van der Waals surface area contributed by atoms with Gasteiger partial charge >= 0.3 is 0 Å². The minimum absolute atomic E-state index is 0.0174. The summed E-state index contributed by atoms with van der Waals surface area (Å²) in [6.45, 7) is 4.29. The molecule has 0 aliphatic carbocycles. The molecule has 86 valence electrons. The van der Waals surface area contributed by atoms with E-state index in [2.05, 4.69) is 29.8 Å². The molecule has 16 heavy (non-hydrogen) atoms. The summed E-state index contributed by atoms with van der Waals surface area (Å²) in [6.07, 6.45) is 1.06. The maximum absolute atomic E-state index is 6.15. The average Bonchev–Trinajstić information content (AvgIpc) is 2.69. The molecule has 1 unspecified atom stereocenters. The first-order valence-electron chi connectivity index (χ1n) is 5.56. The molecular formula is C13H16BrNO. The Hall–Kier alpha value is -0.800. The standard InChI is InChI=1S/C13H16BrNO/c1-3-8(2)13(15)12-6-9-4-5-10(14)7-11(9)16-12/h4-8,13H,3,15H2,1-2H3/t8?,13-/m0/s1. The summed E-state index contributed by atoms with van der Waals surface area (Å²) >= 11 is 3.43. The van der Waals surface area contributed by atoms with Gasteiger partial charge in [0.15, 0.2) is 0 Å². The van der Waals surface area contributed by atoms with Crippen LogP contribution in [0.25, 0.3) is 11.0 Å². The fourth-order valence-corrected chi connectivity index (χ4v) is 2.06. The number of rotatable bonds is 3. The van der Waals surface area contributed by atoms with Crippen molar-refractivity contribution in [1.29, 1.82) is 0 Å². The molecule has 2 nitrogen and oxygen atoms in total. The van der Waals surface area contributed by atoms with Crippen LogP contribution in [0.1, 0.15) is 32.1 Å². The molecule has 0 radical (unpaired) electrons. The Morgan fingerprint density at radius 2 is 2.12 bits per heavy atom. The van der Waals surface area contributed by atoms with Crippen LogP contribution >= 0.6 is 15.9 Å². The summed E-state index contributed by atoms with van der Waals surface area (Å²) in [7, 11) is 0. The maximum atomic E-state index is 6.15. The monoisotopic (exact) mass is 281 g/mol. The van der Waals surface area contributed by atoms with E-state index in [4.69, 9.17) is 10.2 Å². The summed E-state index contributed by atoms with van der Waals surface area (Å²) in [5.41, 5.74) is 7.04. The predicted molar refractivity (Wildman–Crippen MR) is 70.3 cm³/mol. The van der Waals surface area contributed by atoms with Crippen molar-refractivity contribution >= 4 is 26.9 Å².